The molecule has 1 fully saturated rings. The first-order valence-corrected chi connectivity index (χ1v) is 12.5. The van der Waals surface area contributed by atoms with Crippen molar-refractivity contribution >= 4 is 31.6 Å². The van der Waals surface area contributed by atoms with Crippen molar-refractivity contribution < 1.29 is 26.0 Å². The van der Waals surface area contributed by atoms with E-state index in [2.05, 4.69) is 10.0 Å². The molecule has 1 aliphatic heterocycles. The van der Waals surface area contributed by atoms with Gasteiger partial charge in [0.25, 0.3) is 15.9 Å². The molecule has 1 heterocycles. The molecule has 30 heavy (non-hydrogen) atoms. The van der Waals surface area contributed by atoms with Crippen molar-refractivity contribution in [3.05, 3.63) is 59.9 Å². The van der Waals surface area contributed by atoms with Crippen LogP contribution in [0.25, 0.3) is 0 Å². The maximum absolute atomic E-state index is 13.0. The van der Waals surface area contributed by atoms with Crippen LogP contribution in [0.15, 0.2) is 53.4 Å². The van der Waals surface area contributed by atoms with E-state index in [1.165, 1.54) is 28.6 Å². The number of carbonyl (C=O) groups excluding carboxylic acids is 1. The van der Waals surface area contributed by atoms with Gasteiger partial charge >= 0.3 is 0 Å². The van der Waals surface area contributed by atoms with Crippen LogP contribution in [-0.4, -0.2) is 52.4 Å². The van der Waals surface area contributed by atoms with Crippen molar-refractivity contribution in [1.29, 1.82) is 0 Å². The third kappa shape index (κ3) is 5.55. The largest absolute Gasteiger partial charge is 0.349 e. The van der Waals surface area contributed by atoms with Gasteiger partial charge in [-0.1, -0.05) is 0 Å². The van der Waals surface area contributed by atoms with Gasteiger partial charge in [0.05, 0.1) is 11.2 Å². The number of rotatable bonds is 6. The van der Waals surface area contributed by atoms with Crippen LogP contribution < -0.4 is 10.0 Å². The molecular formula is C19H22FN3O5S2. The summed E-state index contributed by atoms with van der Waals surface area (Å²) >= 11 is 0. The molecule has 0 aromatic heterocycles. The lowest BCUT2D eigenvalue weighted by atomic mass is 10.1. The van der Waals surface area contributed by atoms with Crippen molar-refractivity contribution in [2.45, 2.75) is 23.8 Å². The summed E-state index contributed by atoms with van der Waals surface area (Å²) in [6, 6.07) is 10.2. The Morgan fingerprint density at radius 2 is 1.53 bits per heavy atom. The van der Waals surface area contributed by atoms with E-state index in [1.807, 2.05) is 0 Å². The van der Waals surface area contributed by atoms with Crippen LogP contribution in [-0.2, 0) is 20.0 Å². The molecule has 3 rings (SSSR count). The van der Waals surface area contributed by atoms with Crippen LogP contribution in [0.5, 0.6) is 0 Å². The monoisotopic (exact) mass is 455 g/mol. The Kier molecular flexibility index (Phi) is 6.44. The van der Waals surface area contributed by atoms with Crippen molar-refractivity contribution in [2.24, 2.45) is 0 Å². The third-order valence-corrected chi connectivity index (χ3v) is 7.48. The molecular weight excluding hydrogens is 433 g/mol. The van der Waals surface area contributed by atoms with E-state index in [-0.39, 0.29) is 22.5 Å². The molecule has 11 heteroatoms. The van der Waals surface area contributed by atoms with Crippen LogP contribution in [0.3, 0.4) is 0 Å². The Balaban J connectivity index is 1.59. The zero-order chi connectivity index (χ0) is 21.9. The average Bonchev–Trinajstić information content (AvgIpc) is 2.68. The Labute approximate surface area is 175 Å². The number of nitrogens with zero attached hydrogens (tertiary/aromatic N) is 1. The predicted octanol–water partition coefficient (Wildman–Crippen LogP) is 1.78. The number of halogens is 1. The van der Waals surface area contributed by atoms with Crippen molar-refractivity contribution in [1.82, 2.24) is 9.62 Å². The molecule has 1 saturated heterocycles. The third-order valence-electron chi connectivity index (χ3n) is 4.78. The smallest absolute Gasteiger partial charge is 0.261 e. The van der Waals surface area contributed by atoms with Crippen LogP contribution in [0, 0.1) is 5.82 Å². The summed E-state index contributed by atoms with van der Waals surface area (Å²) in [6.07, 6.45) is 2.21. The number of sulfonamides is 2. The molecule has 0 spiro atoms. The normalized spacial score (nSPS) is 16.2. The molecule has 162 valence electrons. The van der Waals surface area contributed by atoms with Gasteiger partial charge < -0.3 is 5.32 Å². The molecule has 8 nitrogen and oxygen atoms in total. The second-order valence-corrected chi connectivity index (χ2v) is 10.7. The highest BCUT2D eigenvalue weighted by Gasteiger charge is 2.26. The molecule has 0 bridgehead atoms. The minimum atomic E-state index is -3.87. The molecule has 2 aromatic carbocycles. The fourth-order valence-electron chi connectivity index (χ4n) is 3.12. The molecule has 2 N–H and O–H groups in total. The van der Waals surface area contributed by atoms with Crippen molar-refractivity contribution in [2.75, 3.05) is 24.1 Å². The Morgan fingerprint density at radius 1 is 0.967 bits per heavy atom. The van der Waals surface area contributed by atoms with E-state index in [0.29, 0.717) is 31.5 Å². The van der Waals surface area contributed by atoms with Crippen molar-refractivity contribution in [3.8, 4) is 0 Å². The van der Waals surface area contributed by atoms with Gasteiger partial charge in [-0.05, 0) is 61.4 Å². The van der Waals surface area contributed by atoms with E-state index in [9.17, 15) is 26.0 Å². The van der Waals surface area contributed by atoms with Gasteiger partial charge in [-0.15, -0.1) is 0 Å². The lowest BCUT2D eigenvalue weighted by molar-refractivity contribution is 0.0924. The highest BCUT2D eigenvalue weighted by Crippen LogP contribution is 2.18. The number of carbonyl (C=O) groups is 1. The minimum absolute atomic E-state index is 0.0776. The van der Waals surface area contributed by atoms with E-state index in [4.69, 9.17) is 0 Å². The number of amides is 1. The van der Waals surface area contributed by atoms with E-state index < -0.39 is 25.9 Å². The Morgan fingerprint density at radius 3 is 2.07 bits per heavy atom. The van der Waals surface area contributed by atoms with Crippen LogP contribution in [0.4, 0.5) is 10.1 Å². The summed E-state index contributed by atoms with van der Waals surface area (Å²) in [4.78, 5) is 12.3. The number of anilines is 1. The first-order chi connectivity index (χ1) is 14.0. The van der Waals surface area contributed by atoms with Crippen LogP contribution in [0.1, 0.15) is 23.2 Å². The maximum Gasteiger partial charge on any atom is 0.261 e. The SMILES string of the molecule is CS(=O)(=O)N1CCC(NC(=O)c2ccc(NS(=O)(=O)c3ccc(F)cc3)cc2)CC1. The number of piperidine rings is 1. The molecule has 0 unspecified atom stereocenters. The standard InChI is InChI=1S/C19H22FN3O5S2/c1-29(25,26)23-12-10-16(11-13-23)21-19(24)14-2-6-17(7-3-14)22-30(27,28)18-8-4-15(20)5-9-18/h2-9,16,22H,10-13H2,1H3,(H,21,24). The topological polar surface area (TPSA) is 113 Å². The van der Waals surface area contributed by atoms with E-state index in [1.54, 1.807) is 0 Å². The summed E-state index contributed by atoms with van der Waals surface area (Å²) in [5.74, 6) is -0.855. The second-order valence-electron chi connectivity index (χ2n) is 7.05. The number of hydrogen-bond acceptors (Lipinski definition) is 5. The quantitative estimate of drug-likeness (QED) is 0.690. The number of nitrogens with one attached hydrogen (secondary N) is 2. The van der Waals surface area contributed by atoms with Gasteiger partial charge in [-0.2, -0.15) is 0 Å². The molecule has 0 aliphatic carbocycles. The zero-order valence-electron chi connectivity index (χ0n) is 16.2. The summed E-state index contributed by atoms with van der Waals surface area (Å²) < 4.78 is 64.5. The summed E-state index contributed by atoms with van der Waals surface area (Å²) in [5, 5.41) is 2.87. The highest BCUT2D eigenvalue weighted by molar-refractivity contribution is 7.92. The molecule has 0 radical (unpaired) electrons. The first kappa shape index (κ1) is 22.2. The lowest BCUT2D eigenvalue weighted by Crippen LogP contribution is -2.46. The average molecular weight is 456 g/mol. The zero-order valence-corrected chi connectivity index (χ0v) is 17.8. The highest BCUT2D eigenvalue weighted by atomic mass is 32.2. The van der Waals surface area contributed by atoms with Gasteiger partial charge in [-0.25, -0.2) is 25.5 Å². The molecule has 2 aromatic rings. The van der Waals surface area contributed by atoms with Gasteiger partial charge in [0.2, 0.25) is 10.0 Å². The molecule has 0 atom stereocenters. The van der Waals surface area contributed by atoms with Crippen LogP contribution >= 0.6 is 0 Å². The van der Waals surface area contributed by atoms with Gasteiger partial charge in [-0.3, -0.25) is 9.52 Å². The van der Waals surface area contributed by atoms with E-state index in [0.717, 1.165) is 30.5 Å². The summed E-state index contributed by atoms with van der Waals surface area (Å²) in [7, 11) is -7.10. The first-order valence-electron chi connectivity index (χ1n) is 9.19. The van der Waals surface area contributed by atoms with Crippen LogP contribution in [0.2, 0.25) is 0 Å². The molecule has 1 aliphatic rings. The Bertz CT molecular complexity index is 1110. The predicted molar refractivity (Wildman–Crippen MR) is 111 cm³/mol. The minimum Gasteiger partial charge on any atom is -0.349 e. The van der Waals surface area contributed by atoms with E-state index >= 15 is 0 Å². The lowest BCUT2D eigenvalue weighted by Gasteiger charge is -2.30. The number of benzene rings is 2. The number of hydrogen-bond donors (Lipinski definition) is 2. The van der Waals surface area contributed by atoms with Gasteiger partial charge in [0.1, 0.15) is 5.82 Å². The molecule has 0 saturated carbocycles. The molecule has 1 amide bonds. The second kappa shape index (κ2) is 8.70. The fourth-order valence-corrected chi connectivity index (χ4v) is 5.05. The van der Waals surface area contributed by atoms with Gasteiger partial charge in [0.15, 0.2) is 0 Å². The summed E-state index contributed by atoms with van der Waals surface area (Å²) in [6.45, 7) is 0.710. The summed E-state index contributed by atoms with van der Waals surface area (Å²) in [5.41, 5.74) is 0.614. The fraction of sp³-hybridized carbons (Fsp3) is 0.316. The Hall–Kier alpha value is -2.50. The van der Waals surface area contributed by atoms with Crippen molar-refractivity contribution in [3.63, 3.8) is 0 Å². The maximum atomic E-state index is 13.0. The van der Waals surface area contributed by atoms with Gasteiger partial charge in [0, 0.05) is 30.4 Å².